The first-order valence-corrected chi connectivity index (χ1v) is 6.94. The smallest absolute Gasteiger partial charge is 0.119 e. The van der Waals surface area contributed by atoms with Crippen LogP contribution in [-0.2, 0) is 0 Å². The highest BCUT2D eigenvalue weighted by atomic mass is 16.5. The van der Waals surface area contributed by atoms with Crippen molar-refractivity contribution in [3.05, 3.63) is 24.3 Å². The number of hydrogen-bond donors (Lipinski definition) is 1. The van der Waals surface area contributed by atoms with Gasteiger partial charge >= 0.3 is 0 Å². The summed E-state index contributed by atoms with van der Waals surface area (Å²) < 4.78 is 11.3. The summed E-state index contributed by atoms with van der Waals surface area (Å²) in [6, 6.07) is 8.54. The van der Waals surface area contributed by atoms with Crippen LogP contribution in [0.25, 0.3) is 0 Å². The molecule has 1 aliphatic carbocycles. The van der Waals surface area contributed by atoms with Crippen LogP contribution in [0.5, 0.6) is 11.5 Å². The molecule has 1 N–H and O–H groups in total. The van der Waals surface area contributed by atoms with E-state index in [4.69, 9.17) is 9.47 Å². The Hall–Kier alpha value is -1.22. The van der Waals surface area contributed by atoms with Gasteiger partial charge in [0, 0.05) is 6.04 Å². The Morgan fingerprint density at radius 2 is 1.78 bits per heavy atom. The van der Waals surface area contributed by atoms with Crippen molar-refractivity contribution in [3.63, 3.8) is 0 Å². The van der Waals surface area contributed by atoms with E-state index in [0.717, 1.165) is 30.9 Å². The fourth-order valence-corrected chi connectivity index (χ4v) is 2.15. The van der Waals surface area contributed by atoms with Gasteiger partial charge in [0.2, 0.25) is 0 Å². The first kappa shape index (κ1) is 13.2. The van der Waals surface area contributed by atoms with Crippen LogP contribution in [0.4, 0.5) is 0 Å². The highest BCUT2D eigenvalue weighted by Gasteiger charge is 2.30. The Bertz CT molecular complexity index is 344. The summed E-state index contributed by atoms with van der Waals surface area (Å²) in [6.07, 6.45) is 3.80. The maximum absolute atomic E-state index is 5.90. The second-order valence-electron chi connectivity index (χ2n) is 4.77. The quantitative estimate of drug-likeness (QED) is 0.806. The van der Waals surface area contributed by atoms with Gasteiger partial charge in [-0.1, -0.05) is 6.92 Å². The molecule has 0 amide bonds. The highest BCUT2D eigenvalue weighted by Crippen LogP contribution is 2.27. The number of hydrogen-bond acceptors (Lipinski definition) is 3. The van der Waals surface area contributed by atoms with Crippen LogP contribution >= 0.6 is 0 Å². The molecule has 1 saturated carbocycles. The topological polar surface area (TPSA) is 30.5 Å². The lowest BCUT2D eigenvalue weighted by molar-refractivity contribution is 0.0852. The summed E-state index contributed by atoms with van der Waals surface area (Å²) in [6.45, 7) is 6.00. The molecule has 1 aliphatic rings. The summed E-state index contributed by atoms with van der Waals surface area (Å²) in [5.41, 5.74) is 0. The number of rotatable bonds is 7. The van der Waals surface area contributed by atoms with Crippen LogP contribution in [0.1, 0.15) is 33.1 Å². The molecular formula is C15H23NO2. The highest BCUT2D eigenvalue weighted by molar-refractivity contribution is 5.31. The third kappa shape index (κ3) is 3.64. The van der Waals surface area contributed by atoms with Gasteiger partial charge in [-0.15, -0.1) is 0 Å². The monoisotopic (exact) mass is 249 g/mol. The van der Waals surface area contributed by atoms with Gasteiger partial charge in [-0.2, -0.15) is 0 Å². The zero-order chi connectivity index (χ0) is 12.8. The maximum Gasteiger partial charge on any atom is 0.119 e. The maximum atomic E-state index is 5.90. The van der Waals surface area contributed by atoms with Crippen LogP contribution < -0.4 is 14.8 Å². The molecule has 3 nitrogen and oxygen atoms in total. The predicted octanol–water partition coefficient (Wildman–Crippen LogP) is 2.99. The Morgan fingerprint density at radius 1 is 1.11 bits per heavy atom. The molecule has 3 heteroatoms. The second-order valence-corrected chi connectivity index (χ2v) is 4.77. The molecule has 18 heavy (non-hydrogen) atoms. The summed E-state index contributed by atoms with van der Waals surface area (Å²) in [7, 11) is 0. The summed E-state index contributed by atoms with van der Waals surface area (Å²) in [5, 5.41) is 3.51. The van der Waals surface area contributed by atoms with E-state index < -0.39 is 0 Å². The van der Waals surface area contributed by atoms with Gasteiger partial charge in [-0.25, -0.2) is 0 Å². The van der Waals surface area contributed by atoms with Crippen molar-refractivity contribution < 1.29 is 9.47 Å². The van der Waals surface area contributed by atoms with Crippen molar-refractivity contribution in [3.8, 4) is 11.5 Å². The van der Waals surface area contributed by atoms with Crippen molar-refractivity contribution in [2.24, 2.45) is 0 Å². The zero-order valence-corrected chi connectivity index (χ0v) is 11.3. The molecule has 0 unspecified atom stereocenters. The first-order valence-electron chi connectivity index (χ1n) is 6.94. The standard InChI is InChI=1S/C15H23NO2/c1-3-9-16-12-10-15(11-12)18-14-7-5-13(6-8-14)17-4-2/h5-8,12,15-16H,3-4,9-11H2,1-2H3. The average Bonchev–Trinajstić information content (AvgIpc) is 2.34. The molecule has 0 radical (unpaired) electrons. The van der Waals surface area contributed by atoms with E-state index >= 15 is 0 Å². The normalized spacial score (nSPS) is 22.3. The van der Waals surface area contributed by atoms with Crippen LogP contribution in [0, 0.1) is 0 Å². The molecule has 0 aromatic heterocycles. The van der Waals surface area contributed by atoms with Gasteiger partial charge in [0.25, 0.3) is 0 Å². The molecule has 1 aromatic carbocycles. The third-order valence-corrected chi connectivity index (χ3v) is 3.22. The number of ether oxygens (including phenoxy) is 2. The van der Waals surface area contributed by atoms with Gasteiger partial charge < -0.3 is 14.8 Å². The molecule has 0 spiro atoms. The molecule has 100 valence electrons. The minimum Gasteiger partial charge on any atom is -0.494 e. The molecule has 2 rings (SSSR count). The van der Waals surface area contributed by atoms with Crippen LogP contribution in [0.2, 0.25) is 0 Å². The molecular weight excluding hydrogens is 226 g/mol. The van der Waals surface area contributed by atoms with Gasteiger partial charge in [0.05, 0.1) is 6.61 Å². The lowest BCUT2D eigenvalue weighted by Gasteiger charge is -2.36. The minimum absolute atomic E-state index is 0.372. The molecule has 1 fully saturated rings. The number of benzene rings is 1. The summed E-state index contributed by atoms with van der Waals surface area (Å²) >= 11 is 0. The van der Waals surface area contributed by atoms with Gasteiger partial charge in [-0.05, 0) is 57.0 Å². The zero-order valence-electron chi connectivity index (χ0n) is 11.3. The molecule has 1 aromatic rings. The average molecular weight is 249 g/mol. The fourth-order valence-electron chi connectivity index (χ4n) is 2.15. The summed E-state index contributed by atoms with van der Waals surface area (Å²) in [4.78, 5) is 0. The van der Waals surface area contributed by atoms with Gasteiger partial charge in [0.15, 0.2) is 0 Å². The lowest BCUT2D eigenvalue weighted by Crippen LogP contribution is -2.46. The van der Waals surface area contributed by atoms with Crippen LogP contribution in [0.15, 0.2) is 24.3 Å². The Labute approximate surface area is 109 Å². The van der Waals surface area contributed by atoms with E-state index in [-0.39, 0.29) is 0 Å². The fraction of sp³-hybridized carbons (Fsp3) is 0.600. The second kappa shape index (κ2) is 6.64. The van der Waals surface area contributed by atoms with Gasteiger partial charge in [-0.3, -0.25) is 0 Å². The van der Waals surface area contributed by atoms with E-state index in [1.807, 2.05) is 31.2 Å². The predicted molar refractivity (Wildman–Crippen MR) is 73.3 cm³/mol. The Morgan fingerprint density at radius 3 is 2.39 bits per heavy atom. The van der Waals surface area contributed by atoms with Crippen molar-refractivity contribution >= 4 is 0 Å². The van der Waals surface area contributed by atoms with Crippen LogP contribution in [-0.4, -0.2) is 25.3 Å². The molecule has 0 bridgehead atoms. The van der Waals surface area contributed by atoms with Crippen LogP contribution in [0.3, 0.4) is 0 Å². The largest absolute Gasteiger partial charge is 0.494 e. The molecule has 0 aliphatic heterocycles. The lowest BCUT2D eigenvalue weighted by atomic mass is 9.89. The molecule has 0 saturated heterocycles. The van der Waals surface area contributed by atoms with Gasteiger partial charge in [0.1, 0.15) is 17.6 Å². The summed E-state index contributed by atoms with van der Waals surface area (Å²) in [5.74, 6) is 1.85. The Balaban J connectivity index is 1.71. The van der Waals surface area contributed by atoms with Crippen molar-refractivity contribution in [1.29, 1.82) is 0 Å². The number of nitrogens with one attached hydrogen (secondary N) is 1. The SMILES string of the molecule is CCCNC1CC(Oc2ccc(OCC)cc2)C1. The van der Waals surface area contributed by atoms with E-state index in [2.05, 4.69) is 12.2 Å². The molecule has 0 heterocycles. The van der Waals surface area contributed by atoms with E-state index in [9.17, 15) is 0 Å². The first-order chi connectivity index (χ1) is 8.81. The van der Waals surface area contributed by atoms with Crippen molar-refractivity contribution in [2.45, 2.75) is 45.3 Å². The van der Waals surface area contributed by atoms with E-state index in [0.29, 0.717) is 18.8 Å². The Kier molecular flexibility index (Phi) is 4.88. The van der Waals surface area contributed by atoms with E-state index in [1.165, 1.54) is 6.42 Å². The van der Waals surface area contributed by atoms with Crippen molar-refractivity contribution in [1.82, 2.24) is 5.32 Å². The van der Waals surface area contributed by atoms with Crippen molar-refractivity contribution in [2.75, 3.05) is 13.2 Å². The minimum atomic E-state index is 0.372. The van der Waals surface area contributed by atoms with E-state index in [1.54, 1.807) is 0 Å². The molecule has 0 atom stereocenters. The third-order valence-electron chi connectivity index (χ3n) is 3.22.